The molecule has 0 amide bonds. The van der Waals surface area contributed by atoms with Gasteiger partial charge in [-0.3, -0.25) is 4.79 Å². The van der Waals surface area contributed by atoms with E-state index in [1.54, 1.807) is 12.1 Å². The molecule has 3 nitrogen and oxygen atoms in total. The summed E-state index contributed by atoms with van der Waals surface area (Å²) in [6.07, 6.45) is 0. The van der Waals surface area contributed by atoms with Crippen molar-refractivity contribution in [3.63, 3.8) is 0 Å². The molecule has 2 aromatic carbocycles. The minimum atomic E-state index is -0.242. The van der Waals surface area contributed by atoms with Crippen molar-refractivity contribution < 1.29 is 9.52 Å². The van der Waals surface area contributed by atoms with Gasteiger partial charge in [-0.25, -0.2) is 0 Å². The van der Waals surface area contributed by atoms with Crippen LogP contribution in [0.4, 0.5) is 0 Å². The molecule has 0 unspecified atom stereocenters. The second-order valence-corrected chi connectivity index (χ2v) is 3.99. The van der Waals surface area contributed by atoms with E-state index in [0.29, 0.717) is 11.3 Å². The maximum absolute atomic E-state index is 12.0. The van der Waals surface area contributed by atoms with Gasteiger partial charge >= 0.3 is 10.1 Å². The van der Waals surface area contributed by atoms with Crippen LogP contribution in [0.15, 0.2) is 63.8 Å². The number of aromatic hydroxyl groups is 1. The SMILES string of the molecule is O=c1cc(-c2ccccc2)oc2cccc(O)c12.[BeH2]. The van der Waals surface area contributed by atoms with Crippen molar-refractivity contribution in [1.82, 2.24) is 0 Å². The first-order valence-electron chi connectivity index (χ1n) is 5.57. The molecule has 1 aromatic heterocycles. The summed E-state index contributed by atoms with van der Waals surface area (Å²) in [5.74, 6) is 0.444. The van der Waals surface area contributed by atoms with E-state index in [9.17, 15) is 9.90 Å². The molecule has 0 fully saturated rings. The molecular formula is C15H12BeO3. The average Bonchev–Trinajstić information content (AvgIpc) is 2.39. The van der Waals surface area contributed by atoms with Crippen LogP contribution in [0.5, 0.6) is 5.75 Å². The molecule has 0 bridgehead atoms. The van der Waals surface area contributed by atoms with Gasteiger partial charge in [-0.2, -0.15) is 0 Å². The summed E-state index contributed by atoms with van der Waals surface area (Å²) in [5.41, 5.74) is 0.981. The number of phenols is 1. The van der Waals surface area contributed by atoms with E-state index >= 15 is 0 Å². The molecule has 0 aliphatic rings. The maximum atomic E-state index is 12.0. The fourth-order valence-corrected chi connectivity index (χ4v) is 1.94. The Labute approximate surface area is 113 Å². The van der Waals surface area contributed by atoms with Crippen LogP contribution in [-0.2, 0) is 0 Å². The summed E-state index contributed by atoms with van der Waals surface area (Å²) in [4.78, 5) is 12.0. The molecule has 1 heterocycles. The van der Waals surface area contributed by atoms with Crippen LogP contribution in [0.2, 0.25) is 0 Å². The van der Waals surface area contributed by atoms with Crippen molar-refractivity contribution in [2.45, 2.75) is 0 Å². The van der Waals surface area contributed by atoms with Crippen molar-refractivity contribution in [1.29, 1.82) is 0 Å². The summed E-state index contributed by atoms with van der Waals surface area (Å²) < 4.78 is 5.65. The fourth-order valence-electron chi connectivity index (χ4n) is 1.94. The first-order chi connectivity index (χ1) is 8.75. The van der Waals surface area contributed by atoms with Crippen LogP contribution < -0.4 is 5.43 Å². The monoisotopic (exact) mass is 249 g/mol. The van der Waals surface area contributed by atoms with E-state index in [2.05, 4.69) is 0 Å². The molecule has 0 saturated carbocycles. The van der Waals surface area contributed by atoms with Crippen LogP contribution in [0.3, 0.4) is 0 Å². The van der Waals surface area contributed by atoms with Crippen molar-refractivity contribution in [3.05, 3.63) is 64.8 Å². The topological polar surface area (TPSA) is 50.4 Å². The van der Waals surface area contributed by atoms with E-state index in [1.807, 2.05) is 30.3 Å². The normalized spacial score (nSPS) is 10.1. The molecular weight excluding hydrogens is 237 g/mol. The molecule has 1 N–H and O–H groups in total. The van der Waals surface area contributed by atoms with Gasteiger partial charge in [0.15, 0.2) is 5.43 Å². The van der Waals surface area contributed by atoms with Crippen molar-refractivity contribution in [2.75, 3.05) is 0 Å². The summed E-state index contributed by atoms with van der Waals surface area (Å²) in [6.45, 7) is 0. The summed E-state index contributed by atoms with van der Waals surface area (Å²) in [6, 6.07) is 15.6. The Bertz CT molecular complexity index is 763. The zero-order valence-electron chi connectivity index (χ0n) is 9.46. The molecule has 3 rings (SSSR count). The molecule has 0 spiro atoms. The molecule has 0 atom stereocenters. The standard InChI is InChI=1S/C15H10O3.Be.2H/c16-11-7-4-8-13-15(11)12(17)9-14(18-13)10-5-2-1-3-6-10;;;/h1-9,16H;;;. The zero-order chi connectivity index (χ0) is 12.5. The van der Waals surface area contributed by atoms with Gasteiger partial charge in [0.05, 0.1) is 0 Å². The number of hydrogen-bond acceptors (Lipinski definition) is 3. The van der Waals surface area contributed by atoms with Crippen LogP contribution in [0.25, 0.3) is 22.3 Å². The Morgan fingerprint density at radius 1 is 0.947 bits per heavy atom. The Morgan fingerprint density at radius 2 is 1.68 bits per heavy atom. The van der Waals surface area contributed by atoms with Gasteiger partial charge < -0.3 is 9.52 Å². The van der Waals surface area contributed by atoms with Gasteiger partial charge in [-0.15, -0.1) is 0 Å². The van der Waals surface area contributed by atoms with Gasteiger partial charge in [0.2, 0.25) is 0 Å². The molecule has 0 aliphatic carbocycles. The van der Waals surface area contributed by atoms with Crippen molar-refractivity contribution in [2.24, 2.45) is 0 Å². The molecule has 4 heteroatoms. The molecule has 19 heavy (non-hydrogen) atoms. The second-order valence-electron chi connectivity index (χ2n) is 3.99. The number of hydrogen-bond donors (Lipinski definition) is 1. The van der Waals surface area contributed by atoms with Crippen molar-refractivity contribution >= 4 is 21.1 Å². The van der Waals surface area contributed by atoms with Crippen LogP contribution >= 0.6 is 0 Å². The van der Waals surface area contributed by atoms with Gasteiger partial charge in [0, 0.05) is 11.6 Å². The third-order valence-electron chi connectivity index (χ3n) is 2.79. The predicted octanol–water partition coefficient (Wildman–Crippen LogP) is 2.25. The number of benzene rings is 2. The number of fused-ring (bicyclic) bond motifs is 1. The van der Waals surface area contributed by atoms with Crippen LogP contribution in [0, 0.1) is 0 Å². The third kappa shape index (κ3) is 2.28. The number of rotatable bonds is 1. The number of phenolic OH excluding ortho intramolecular Hbond substituents is 1. The molecule has 0 saturated heterocycles. The molecule has 0 aliphatic heterocycles. The van der Waals surface area contributed by atoms with Gasteiger partial charge in [-0.05, 0) is 12.1 Å². The molecule has 92 valence electrons. The summed E-state index contributed by atoms with van der Waals surface area (Å²) in [5, 5.41) is 9.87. The summed E-state index contributed by atoms with van der Waals surface area (Å²) >= 11 is 0. The Balaban J connectivity index is 0.00000133. The van der Waals surface area contributed by atoms with E-state index in [-0.39, 0.29) is 26.7 Å². The average molecular weight is 249 g/mol. The van der Waals surface area contributed by atoms with Crippen LogP contribution in [0.1, 0.15) is 0 Å². The van der Waals surface area contributed by atoms with Crippen molar-refractivity contribution in [3.8, 4) is 17.1 Å². The fraction of sp³-hybridized carbons (Fsp3) is 0. The van der Waals surface area contributed by atoms with Gasteiger partial charge in [0.25, 0.3) is 0 Å². The third-order valence-corrected chi connectivity index (χ3v) is 2.79. The van der Waals surface area contributed by atoms with E-state index < -0.39 is 0 Å². The van der Waals surface area contributed by atoms with Crippen LogP contribution in [-0.4, -0.2) is 15.2 Å². The van der Waals surface area contributed by atoms with Gasteiger partial charge in [0.1, 0.15) is 22.5 Å². The van der Waals surface area contributed by atoms with E-state index in [4.69, 9.17) is 4.42 Å². The minimum absolute atomic E-state index is 0. The summed E-state index contributed by atoms with van der Waals surface area (Å²) in [7, 11) is 0. The van der Waals surface area contributed by atoms with E-state index in [1.165, 1.54) is 12.1 Å². The first kappa shape index (κ1) is 13.1. The molecule has 3 aromatic rings. The Morgan fingerprint density at radius 3 is 2.42 bits per heavy atom. The quantitative estimate of drug-likeness (QED) is 0.673. The second kappa shape index (κ2) is 5.09. The molecule has 0 radical (unpaired) electrons. The zero-order valence-corrected chi connectivity index (χ0v) is 9.46. The Kier molecular flexibility index (Phi) is 3.50. The Hall–Kier alpha value is -2.38. The van der Waals surface area contributed by atoms with Gasteiger partial charge in [-0.1, -0.05) is 36.4 Å². The van der Waals surface area contributed by atoms with E-state index in [0.717, 1.165) is 5.56 Å². The predicted molar refractivity (Wildman–Crippen MR) is 78.1 cm³/mol. The first-order valence-corrected chi connectivity index (χ1v) is 5.57.